The molecule has 1 saturated heterocycles. The maximum absolute atomic E-state index is 12.4. The van der Waals surface area contributed by atoms with Crippen LogP contribution in [0.15, 0.2) is 40.6 Å². The van der Waals surface area contributed by atoms with Crippen LogP contribution >= 0.6 is 23.1 Å². The Morgan fingerprint density at radius 3 is 2.67 bits per heavy atom. The van der Waals surface area contributed by atoms with Crippen molar-refractivity contribution in [1.82, 2.24) is 15.2 Å². The molecule has 2 heterocycles. The molecule has 1 aliphatic rings. The van der Waals surface area contributed by atoms with Crippen LogP contribution in [0.3, 0.4) is 0 Å². The Kier molecular flexibility index (Phi) is 7.29. The summed E-state index contributed by atoms with van der Waals surface area (Å²) in [5.41, 5.74) is 1.04. The highest BCUT2D eigenvalue weighted by molar-refractivity contribution is 8.00. The van der Waals surface area contributed by atoms with Crippen LogP contribution in [-0.4, -0.2) is 47.1 Å². The second-order valence-electron chi connectivity index (χ2n) is 6.66. The number of hydrogen-bond acceptors (Lipinski definition) is 5. The number of benzene rings is 1. The van der Waals surface area contributed by atoms with Crippen LogP contribution in [0, 0.1) is 12.8 Å². The van der Waals surface area contributed by atoms with Crippen molar-refractivity contribution in [2.75, 3.05) is 25.4 Å². The van der Waals surface area contributed by atoms with Gasteiger partial charge in [0.25, 0.3) is 0 Å². The molecule has 3 rings (SSSR count). The highest BCUT2D eigenvalue weighted by Gasteiger charge is 2.27. The summed E-state index contributed by atoms with van der Waals surface area (Å²) >= 11 is 3.20. The number of hydrogen-bond donors (Lipinski definition) is 1. The summed E-state index contributed by atoms with van der Waals surface area (Å²) in [5, 5.41) is 6.11. The summed E-state index contributed by atoms with van der Waals surface area (Å²) in [4.78, 5) is 32.1. The zero-order chi connectivity index (χ0) is 19.1. The topological polar surface area (TPSA) is 62.3 Å². The maximum atomic E-state index is 12.4. The number of nitrogens with zero attached hydrogens (tertiary/aromatic N) is 2. The average molecular weight is 404 g/mol. The first-order valence-corrected chi connectivity index (χ1v) is 11.1. The molecular weight excluding hydrogens is 378 g/mol. The number of thioether (sulfide) groups is 1. The maximum Gasteiger partial charge on any atom is 0.232 e. The van der Waals surface area contributed by atoms with Gasteiger partial charge in [0, 0.05) is 42.2 Å². The Bertz CT molecular complexity index is 756. The van der Waals surface area contributed by atoms with Crippen LogP contribution in [0.25, 0.3) is 0 Å². The van der Waals surface area contributed by atoms with Crippen LogP contribution in [0.4, 0.5) is 0 Å². The quantitative estimate of drug-likeness (QED) is 0.722. The summed E-state index contributed by atoms with van der Waals surface area (Å²) in [6.07, 6.45) is 2.25. The number of likely N-dealkylation sites (tertiary alicyclic amines) is 1. The van der Waals surface area contributed by atoms with Gasteiger partial charge in [0.05, 0.1) is 16.5 Å². The molecule has 0 radical (unpaired) electrons. The number of piperidine rings is 1. The summed E-state index contributed by atoms with van der Waals surface area (Å²) in [5.74, 6) is 0.718. The van der Waals surface area contributed by atoms with Gasteiger partial charge in [-0.15, -0.1) is 23.1 Å². The van der Waals surface area contributed by atoms with E-state index >= 15 is 0 Å². The van der Waals surface area contributed by atoms with Gasteiger partial charge in [-0.2, -0.15) is 0 Å². The van der Waals surface area contributed by atoms with E-state index in [-0.39, 0.29) is 17.7 Å². The monoisotopic (exact) mass is 403 g/mol. The molecule has 144 valence electrons. The normalized spacial score (nSPS) is 14.9. The third-order valence-corrected chi connectivity index (χ3v) is 6.49. The lowest BCUT2D eigenvalue weighted by atomic mass is 9.96. The van der Waals surface area contributed by atoms with Crippen LogP contribution in [0.5, 0.6) is 0 Å². The highest BCUT2D eigenvalue weighted by atomic mass is 32.2. The van der Waals surface area contributed by atoms with Gasteiger partial charge < -0.3 is 10.2 Å². The van der Waals surface area contributed by atoms with Gasteiger partial charge in [-0.3, -0.25) is 9.59 Å². The number of carbonyl (C=O) groups is 2. The summed E-state index contributed by atoms with van der Waals surface area (Å²) in [6.45, 7) is 3.93. The first-order valence-electron chi connectivity index (χ1n) is 9.26. The van der Waals surface area contributed by atoms with Crippen molar-refractivity contribution in [2.45, 2.75) is 31.1 Å². The average Bonchev–Trinajstić information content (AvgIpc) is 3.12. The lowest BCUT2D eigenvalue weighted by molar-refractivity contribution is -0.133. The highest BCUT2D eigenvalue weighted by Crippen LogP contribution is 2.21. The second kappa shape index (κ2) is 9.90. The van der Waals surface area contributed by atoms with Crippen LogP contribution in [-0.2, 0) is 16.0 Å². The number of thiazole rings is 1. The third-order valence-electron chi connectivity index (χ3n) is 4.67. The molecule has 0 unspecified atom stereocenters. The fraction of sp³-hybridized carbons (Fsp3) is 0.450. The molecule has 1 N–H and O–H groups in total. The number of aromatic nitrogens is 1. The molecule has 1 fully saturated rings. The predicted octanol–water partition coefficient (Wildman–Crippen LogP) is 3.14. The van der Waals surface area contributed by atoms with E-state index in [2.05, 4.69) is 10.3 Å². The predicted molar refractivity (Wildman–Crippen MR) is 110 cm³/mol. The number of carbonyl (C=O) groups excluding carboxylic acids is 2. The van der Waals surface area contributed by atoms with Gasteiger partial charge >= 0.3 is 0 Å². The van der Waals surface area contributed by atoms with Gasteiger partial charge in [-0.1, -0.05) is 18.2 Å². The van der Waals surface area contributed by atoms with Crippen molar-refractivity contribution in [3.05, 3.63) is 46.4 Å². The summed E-state index contributed by atoms with van der Waals surface area (Å²) in [6, 6.07) is 9.96. The minimum atomic E-state index is 0.00740. The van der Waals surface area contributed by atoms with Crippen LogP contribution in [0.2, 0.25) is 0 Å². The standard InChI is InChI=1S/C20H25N3O2S2/c1-15-22-17(13-26-15)7-10-21-20(25)16-8-11-23(12-9-16)19(24)14-27-18-5-3-2-4-6-18/h2-6,13,16H,7-12,14H2,1H3,(H,21,25). The summed E-state index contributed by atoms with van der Waals surface area (Å²) in [7, 11) is 0. The van der Waals surface area contributed by atoms with E-state index in [0.29, 0.717) is 25.4 Å². The van der Waals surface area contributed by atoms with Crippen LogP contribution in [0.1, 0.15) is 23.5 Å². The van der Waals surface area contributed by atoms with E-state index in [4.69, 9.17) is 0 Å². The molecule has 0 saturated carbocycles. The van der Waals surface area contributed by atoms with Crippen molar-refractivity contribution in [1.29, 1.82) is 0 Å². The van der Waals surface area contributed by atoms with Crippen molar-refractivity contribution >= 4 is 34.9 Å². The zero-order valence-electron chi connectivity index (χ0n) is 15.5. The largest absolute Gasteiger partial charge is 0.355 e. The van der Waals surface area contributed by atoms with E-state index in [0.717, 1.165) is 34.9 Å². The van der Waals surface area contributed by atoms with E-state index in [9.17, 15) is 9.59 Å². The molecule has 0 atom stereocenters. The Morgan fingerprint density at radius 1 is 1.26 bits per heavy atom. The van der Waals surface area contributed by atoms with Gasteiger partial charge in [-0.25, -0.2) is 4.98 Å². The first kappa shape index (κ1) is 19.9. The van der Waals surface area contributed by atoms with Crippen LogP contribution < -0.4 is 5.32 Å². The number of aryl methyl sites for hydroxylation is 1. The molecule has 1 aromatic carbocycles. The lowest BCUT2D eigenvalue weighted by Crippen LogP contribution is -2.43. The Balaban J connectivity index is 1.35. The molecule has 0 spiro atoms. The van der Waals surface area contributed by atoms with E-state index in [1.165, 1.54) is 0 Å². The Labute approximate surface area is 168 Å². The third kappa shape index (κ3) is 6.07. The van der Waals surface area contributed by atoms with Gasteiger partial charge in [0.15, 0.2) is 0 Å². The number of rotatable bonds is 7. The molecular formula is C20H25N3O2S2. The molecule has 2 aromatic rings. The van der Waals surface area contributed by atoms with E-state index in [1.807, 2.05) is 47.5 Å². The van der Waals surface area contributed by atoms with E-state index in [1.54, 1.807) is 23.1 Å². The number of nitrogens with one attached hydrogen (secondary N) is 1. The van der Waals surface area contributed by atoms with Crippen molar-refractivity contribution in [3.63, 3.8) is 0 Å². The molecule has 1 aromatic heterocycles. The molecule has 2 amide bonds. The molecule has 5 nitrogen and oxygen atoms in total. The molecule has 0 aliphatic carbocycles. The molecule has 27 heavy (non-hydrogen) atoms. The number of amides is 2. The summed E-state index contributed by atoms with van der Waals surface area (Å²) < 4.78 is 0. The smallest absolute Gasteiger partial charge is 0.232 e. The van der Waals surface area contributed by atoms with Gasteiger partial charge in [0.2, 0.25) is 11.8 Å². The fourth-order valence-electron chi connectivity index (χ4n) is 3.13. The van der Waals surface area contributed by atoms with Gasteiger partial charge in [0.1, 0.15) is 0 Å². The Morgan fingerprint density at radius 2 is 2.00 bits per heavy atom. The molecule has 1 aliphatic heterocycles. The zero-order valence-corrected chi connectivity index (χ0v) is 17.2. The second-order valence-corrected chi connectivity index (χ2v) is 8.77. The van der Waals surface area contributed by atoms with Gasteiger partial charge in [-0.05, 0) is 31.9 Å². The fourth-order valence-corrected chi connectivity index (χ4v) is 4.59. The Hall–Kier alpha value is -1.86. The van der Waals surface area contributed by atoms with E-state index < -0.39 is 0 Å². The molecule has 7 heteroatoms. The minimum Gasteiger partial charge on any atom is -0.355 e. The minimum absolute atomic E-state index is 0.00740. The lowest BCUT2D eigenvalue weighted by Gasteiger charge is -2.31. The molecule has 0 bridgehead atoms. The van der Waals surface area contributed by atoms with Crippen molar-refractivity contribution in [3.8, 4) is 0 Å². The first-order chi connectivity index (χ1) is 13.1. The SMILES string of the molecule is Cc1nc(CCNC(=O)C2CCN(C(=O)CSc3ccccc3)CC2)cs1. The van der Waals surface area contributed by atoms with Crippen molar-refractivity contribution in [2.24, 2.45) is 5.92 Å². The van der Waals surface area contributed by atoms with Crippen molar-refractivity contribution < 1.29 is 9.59 Å².